The van der Waals surface area contributed by atoms with Gasteiger partial charge in [-0.05, 0) is 53.7 Å². The Hall–Kier alpha value is -1.22. The zero-order chi connectivity index (χ0) is 15.3. The summed E-state index contributed by atoms with van der Waals surface area (Å²) in [5.41, 5.74) is 8.02. The number of halogens is 1. The summed E-state index contributed by atoms with van der Waals surface area (Å²) >= 11 is 0. The van der Waals surface area contributed by atoms with Crippen molar-refractivity contribution >= 4 is 24.0 Å². The molecule has 0 spiro atoms. The number of nitrogen functional groups attached to an aromatic ring is 1. The molecule has 3 rings (SSSR count). The van der Waals surface area contributed by atoms with E-state index in [0.29, 0.717) is 17.9 Å². The summed E-state index contributed by atoms with van der Waals surface area (Å²) in [5, 5.41) is 3.30. The van der Waals surface area contributed by atoms with Crippen LogP contribution in [0.5, 0.6) is 0 Å². The molecule has 3 unspecified atom stereocenters. The highest BCUT2D eigenvalue weighted by Crippen LogP contribution is 2.65. The predicted molar refractivity (Wildman–Crippen MR) is 93.0 cm³/mol. The van der Waals surface area contributed by atoms with Crippen LogP contribution in [0.4, 0.5) is 5.69 Å². The minimum atomic E-state index is 0. The molecule has 3 atom stereocenters. The minimum absolute atomic E-state index is 0. The van der Waals surface area contributed by atoms with Gasteiger partial charge in [-0.25, -0.2) is 0 Å². The lowest BCUT2D eigenvalue weighted by molar-refractivity contribution is -0.122. The summed E-state index contributed by atoms with van der Waals surface area (Å²) in [7, 11) is 0. The van der Waals surface area contributed by atoms with Crippen molar-refractivity contribution in [1.82, 2.24) is 5.32 Å². The van der Waals surface area contributed by atoms with Crippen molar-refractivity contribution < 1.29 is 4.79 Å². The summed E-state index contributed by atoms with van der Waals surface area (Å²) in [6, 6.07) is 7.89. The van der Waals surface area contributed by atoms with Gasteiger partial charge in [0.2, 0.25) is 5.91 Å². The number of anilines is 1. The molecule has 2 saturated carbocycles. The molecule has 3 N–H and O–H groups in total. The highest BCUT2D eigenvalue weighted by atomic mass is 35.5. The number of rotatable bonds is 3. The van der Waals surface area contributed by atoms with Crippen molar-refractivity contribution in [3.8, 4) is 0 Å². The average molecular weight is 323 g/mol. The Morgan fingerprint density at radius 2 is 1.91 bits per heavy atom. The quantitative estimate of drug-likeness (QED) is 0.836. The Kier molecular flexibility index (Phi) is 4.49. The van der Waals surface area contributed by atoms with Gasteiger partial charge in [-0.2, -0.15) is 0 Å². The molecular weight excluding hydrogens is 296 g/mol. The van der Waals surface area contributed by atoms with E-state index in [0.717, 1.165) is 23.6 Å². The van der Waals surface area contributed by atoms with Gasteiger partial charge in [0, 0.05) is 11.7 Å². The third kappa shape index (κ3) is 2.60. The van der Waals surface area contributed by atoms with E-state index < -0.39 is 0 Å². The van der Waals surface area contributed by atoms with E-state index in [-0.39, 0.29) is 23.7 Å². The number of carbonyl (C=O) groups excluding carboxylic acids is 1. The molecule has 2 aliphatic carbocycles. The Balaban J connectivity index is 0.00000176. The summed E-state index contributed by atoms with van der Waals surface area (Å²) in [4.78, 5) is 12.3. The van der Waals surface area contributed by atoms with Crippen molar-refractivity contribution in [3.05, 3.63) is 29.8 Å². The van der Waals surface area contributed by atoms with Crippen molar-refractivity contribution in [2.75, 3.05) is 5.73 Å². The van der Waals surface area contributed by atoms with Gasteiger partial charge in [0.25, 0.3) is 0 Å². The molecule has 1 amide bonds. The lowest BCUT2D eigenvalue weighted by atomic mass is 9.69. The minimum Gasteiger partial charge on any atom is -0.399 e. The molecule has 22 heavy (non-hydrogen) atoms. The number of nitrogens with one attached hydrogen (secondary N) is 1. The van der Waals surface area contributed by atoms with Gasteiger partial charge in [0.15, 0.2) is 0 Å². The van der Waals surface area contributed by atoms with Crippen LogP contribution in [0.25, 0.3) is 0 Å². The van der Waals surface area contributed by atoms with E-state index in [4.69, 9.17) is 5.73 Å². The smallest absolute Gasteiger partial charge is 0.224 e. The fourth-order valence-electron chi connectivity index (χ4n) is 4.49. The van der Waals surface area contributed by atoms with Gasteiger partial charge in [-0.15, -0.1) is 12.4 Å². The van der Waals surface area contributed by atoms with Crippen molar-refractivity contribution in [2.24, 2.45) is 16.7 Å². The molecule has 1 aromatic rings. The van der Waals surface area contributed by atoms with E-state index in [9.17, 15) is 4.79 Å². The molecule has 2 bridgehead atoms. The maximum absolute atomic E-state index is 12.3. The van der Waals surface area contributed by atoms with Gasteiger partial charge < -0.3 is 11.1 Å². The van der Waals surface area contributed by atoms with Gasteiger partial charge >= 0.3 is 0 Å². The van der Waals surface area contributed by atoms with Crippen molar-refractivity contribution in [1.29, 1.82) is 0 Å². The molecule has 2 aliphatic rings. The molecule has 4 heteroatoms. The summed E-state index contributed by atoms with van der Waals surface area (Å²) in [6.45, 7) is 7.10. The second-order valence-electron chi connectivity index (χ2n) is 7.65. The van der Waals surface area contributed by atoms with Crippen LogP contribution in [0.15, 0.2) is 24.3 Å². The maximum atomic E-state index is 12.3. The zero-order valence-electron chi connectivity index (χ0n) is 13.7. The number of nitrogens with two attached hydrogens (primary N) is 1. The van der Waals surface area contributed by atoms with Crippen molar-refractivity contribution in [3.63, 3.8) is 0 Å². The lowest BCUT2D eigenvalue weighted by Gasteiger charge is -2.39. The lowest BCUT2D eigenvalue weighted by Crippen LogP contribution is -2.47. The van der Waals surface area contributed by atoms with Crippen LogP contribution in [-0.2, 0) is 11.2 Å². The topological polar surface area (TPSA) is 55.1 Å². The number of benzene rings is 1. The van der Waals surface area contributed by atoms with Crippen LogP contribution in [0.3, 0.4) is 0 Å². The third-order valence-electron chi connectivity index (χ3n) is 6.47. The zero-order valence-corrected chi connectivity index (χ0v) is 14.5. The number of carbonyl (C=O) groups is 1. The first-order valence-corrected chi connectivity index (χ1v) is 7.97. The van der Waals surface area contributed by atoms with E-state index in [1.54, 1.807) is 0 Å². The molecule has 0 aromatic heterocycles. The second kappa shape index (κ2) is 5.77. The van der Waals surface area contributed by atoms with E-state index in [1.165, 1.54) is 12.8 Å². The third-order valence-corrected chi connectivity index (χ3v) is 6.47. The maximum Gasteiger partial charge on any atom is 0.224 e. The van der Waals surface area contributed by atoms with Crippen LogP contribution in [-0.4, -0.2) is 11.9 Å². The van der Waals surface area contributed by atoms with E-state index in [1.807, 2.05) is 24.3 Å². The van der Waals surface area contributed by atoms with Gasteiger partial charge in [-0.1, -0.05) is 32.9 Å². The van der Waals surface area contributed by atoms with Crippen LogP contribution < -0.4 is 11.1 Å². The molecule has 3 nitrogen and oxygen atoms in total. The van der Waals surface area contributed by atoms with Crippen LogP contribution in [0, 0.1) is 16.7 Å². The average Bonchev–Trinajstić information content (AvgIpc) is 2.74. The van der Waals surface area contributed by atoms with E-state index >= 15 is 0 Å². The Bertz CT molecular complexity index is 555. The van der Waals surface area contributed by atoms with Gasteiger partial charge in [-0.3, -0.25) is 4.79 Å². The SMILES string of the molecule is CC1(C)C2CCC1(C)C(NC(=O)Cc1ccc(N)cc1)C2.Cl. The highest BCUT2D eigenvalue weighted by molar-refractivity contribution is 5.85. The fourth-order valence-corrected chi connectivity index (χ4v) is 4.49. The first-order valence-electron chi connectivity index (χ1n) is 7.97. The number of fused-ring (bicyclic) bond motifs is 2. The Morgan fingerprint density at radius 3 is 2.41 bits per heavy atom. The summed E-state index contributed by atoms with van der Waals surface area (Å²) in [5.74, 6) is 0.888. The standard InChI is InChI=1S/C18H26N2O.ClH/c1-17(2)13-8-9-18(17,3)15(11-13)20-16(21)10-12-4-6-14(19)7-5-12;/h4-7,13,15H,8-11,19H2,1-3H3,(H,20,21);1H. The molecule has 122 valence electrons. The molecule has 2 fully saturated rings. The molecule has 0 heterocycles. The molecule has 0 radical (unpaired) electrons. The summed E-state index contributed by atoms with van der Waals surface area (Å²) in [6.07, 6.45) is 4.13. The molecular formula is C18H27ClN2O. The number of hydrogen-bond donors (Lipinski definition) is 2. The van der Waals surface area contributed by atoms with Crippen molar-refractivity contribution in [2.45, 2.75) is 52.5 Å². The molecule has 1 aromatic carbocycles. The first-order chi connectivity index (χ1) is 9.83. The fraction of sp³-hybridized carbons (Fsp3) is 0.611. The molecule has 0 saturated heterocycles. The predicted octanol–water partition coefficient (Wildman–Crippen LogP) is 3.56. The normalized spacial score (nSPS) is 31.6. The highest BCUT2D eigenvalue weighted by Gasteiger charge is 2.61. The molecule has 0 aliphatic heterocycles. The van der Waals surface area contributed by atoms with Gasteiger partial charge in [0.1, 0.15) is 0 Å². The second-order valence-corrected chi connectivity index (χ2v) is 7.65. The summed E-state index contributed by atoms with van der Waals surface area (Å²) < 4.78 is 0. The number of amides is 1. The largest absolute Gasteiger partial charge is 0.399 e. The van der Waals surface area contributed by atoms with Crippen LogP contribution in [0.1, 0.15) is 45.6 Å². The first kappa shape index (κ1) is 17.1. The van der Waals surface area contributed by atoms with Crippen LogP contribution in [0.2, 0.25) is 0 Å². The van der Waals surface area contributed by atoms with Gasteiger partial charge in [0.05, 0.1) is 6.42 Å². The Morgan fingerprint density at radius 1 is 1.27 bits per heavy atom. The monoisotopic (exact) mass is 322 g/mol. The number of hydrogen-bond acceptors (Lipinski definition) is 2. The van der Waals surface area contributed by atoms with E-state index in [2.05, 4.69) is 26.1 Å². The van der Waals surface area contributed by atoms with Crippen LogP contribution >= 0.6 is 12.4 Å². The Labute approximate surface area is 139 Å².